The van der Waals surface area contributed by atoms with Gasteiger partial charge in [0.25, 0.3) is 0 Å². The Morgan fingerprint density at radius 3 is 2.72 bits per heavy atom. The summed E-state index contributed by atoms with van der Waals surface area (Å²) in [5.74, 6) is -1.34. The first-order chi connectivity index (χ1) is 8.19. The number of halogens is 4. The van der Waals surface area contributed by atoms with E-state index >= 15 is 0 Å². The Hall–Kier alpha value is -1.31. The lowest BCUT2D eigenvalue weighted by Gasteiger charge is -2.17. The van der Waals surface area contributed by atoms with E-state index in [1.54, 1.807) is 0 Å². The molecule has 18 heavy (non-hydrogen) atoms. The van der Waals surface area contributed by atoms with E-state index in [1.165, 1.54) is 19.2 Å². The Morgan fingerprint density at radius 2 is 2.22 bits per heavy atom. The minimum atomic E-state index is -4.31. The van der Waals surface area contributed by atoms with Gasteiger partial charge in [0.1, 0.15) is 11.4 Å². The average Bonchev–Trinajstić information content (AvgIpc) is 2.17. The number of carboxylic acid groups (broad SMARTS) is 1. The SMILES string of the molecule is CC(CC(F)(F)F)Nc1ncc(Br)cc1C(=O)O. The van der Waals surface area contributed by atoms with Crippen molar-refractivity contribution < 1.29 is 23.1 Å². The molecule has 4 nitrogen and oxygen atoms in total. The first kappa shape index (κ1) is 14.7. The number of aromatic nitrogens is 1. The fourth-order valence-corrected chi connectivity index (χ4v) is 1.68. The molecule has 1 aromatic heterocycles. The van der Waals surface area contributed by atoms with Gasteiger partial charge in [-0.3, -0.25) is 0 Å². The van der Waals surface area contributed by atoms with Crippen molar-refractivity contribution in [1.82, 2.24) is 4.98 Å². The maximum Gasteiger partial charge on any atom is 0.391 e. The summed E-state index contributed by atoms with van der Waals surface area (Å²) in [5.41, 5.74) is -0.182. The minimum absolute atomic E-state index is 0.0811. The Balaban J connectivity index is 2.87. The summed E-state index contributed by atoms with van der Waals surface area (Å²) < 4.78 is 36.9. The monoisotopic (exact) mass is 326 g/mol. The molecule has 0 fully saturated rings. The van der Waals surface area contributed by atoms with Gasteiger partial charge in [-0.05, 0) is 28.9 Å². The highest BCUT2D eigenvalue weighted by molar-refractivity contribution is 9.10. The molecule has 1 heterocycles. The van der Waals surface area contributed by atoms with Crippen LogP contribution in [0.4, 0.5) is 19.0 Å². The minimum Gasteiger partial charge on any atom is -0.478 e. The van der Waals surface area contributed by atoms with E-state index in [-0.39, 0.29) is 11.4 Å². The molecule has 1 aromatic rings. The lowest BCUT2D eigenvalue weighted by atomic mass is 10.2. The van der Waals surface area contributed by atoms with Gasteiger partial charge >= 0.3 is 12.1 Å². The van der Waals surface area contributed by atoms with Crippen molar-refractivity contribution in [2.24, 2.45) is 0 Å². The van der Waals surface area contributed by atoms with E-state index in [0.29, 0.717) is 4.47 Å². The second-order valence-corrected chi connectivity index (χ2v) is 4.64. The van der Waals surface area contributed by atoms with Gasteiger partial charge < -0.3 is 10.4 Å². The number of carbonyl (C=O) groups is 1. The van der Waals surface area contributed by atoms with Crippen LogP contribution < -0.4 is 5.32 Å². The molecule has 0 saturated heterocycles. The summed E-state index contributed by atoms with van der Waals surface area (Å²) in [6.45, 7) is 1.31. The number of nitrogens with one attached hydrogen (secondary N) is 1. The Bertz CT molecular complexity index is 451. The average molecular weight is 327 g/mol. The van der Waals surface area contributed by atoms with Gasteiger partial charge in [0.05, 0.1) is 6.42 Å². The summed E-state index contributed by atoms with van der Waals surface area (Å²) in [5, 5.41) is 11.4. The molecule has 0 spiro atoms. The van der Waals surface area contributed by atoms with E-state index in [1.807, 2.05) is 0 Å². The Labute approximate surface area is 109 Å². The topological polar surface area (TPSA) is 62.2 Å². The molecule has 0 aliphatic rings. The molecule has 0 saturated carbocycles. The van der Waals surface area contributed by atoms with Gasteiger partial charge in [0.15, 0.2) is 0 Å². The van der Waals surface area contributed by atoms with Crippen LogP contribution in [0.5, 0.6) is 0 Å². The van der Waals surface area contributed by atoms with Crippen LogP contribution in [0.15, 0.2) is 16.7 Å². The van der Waals surface area contributed by atoms with Crippen LogP contribution in [0, 0.1) is 0 Å². The third-order valence-corrected chi connectivity index (χ3v) is 2.44. The molecule has 100 valence electrons. The molecule has 0 radical (unpaired) electrons. The summed E-state index contributed by atoms with van der Waals surface area (Å²) in [6.07, 6.45) is -4.07. The number of anilines is 1. The molecule has 0 bridgehead atoms. The van der Waals surface area contributed by atoms with Crippen molar-refractivity contribution in [1.29, 1.82) is 0 Å². The van der Waals surface area contributed by atoms with E-state index in [9.17, 15) is 18.0 Å². The van der Waals surface area contributed by atoms with E-state index < -0.39 is 24.6 Å². The Kier molecular flexibility index (Phi) is 4.55. The zero-order chi connectivity index (χ0) is 13.9. The lowest BCUT2D eigenvalue weighted by molar-refractivity contribution is -0.136. The molecule has 0 aliphatic carbocycles. The number of hydrogen-bond acceptors (Lipinski definition) is 3. The molecule has 8 heteroatoms. The number of carboxylic acids is 1. The van der Waals surface area contributed by atoms with Crippen LogP contribution in [0.25, 0.3) is 0 Å². The second kappa shape index (κ2) is 5.55. The molecule has 0 aliphatic heterocycles. The first-order valence-corrected chi connectivity index (χ1v) is 5.70. The fraction of sp³-hybridized carbons (Fsp3) is 0.400. The molecular formula is C10H10BrF3N2O2. The highest BCUT2D eigenvalue weighted by Gasteiger charge is 2.30. The number of nitrogens with zero attached hydrogens (tertiary/aromatic N) is 1. The standard InChI is InChI=1S/C10H10BrF3N2O2/c1-5(3-10(12,13)14)16-8-7(9(17)18)2-6(11)4-15-8/h2,4-5H,3H2,1H3,(H,15,16)(H,17,18). The highest BCUT2D eigenvalue weighted by atomic mass is 79.9. The van der Waals surface area contributed by atoms with Crippen molar-refractivity contribution in [2.45, 2.75) is 25.6 Å². The quantitative estimate of drug-likeness (QED) is 0.891. The van der Waals surface area contributed by atoms with Gasteiger partial charge in [-0.1, -0.05) is 0 Å². The van der Waals surface area contributed by atoms with Crippen LogP contribution in [-0.4, -0.2) is 28.3 Å². The van der Waals surface area contributed by atoms with Crippen molar-refractivity contribution in [3.63, 3.8) is 0 Å². The molecule has 1 rings (SSSR count). The lowest BCUT2D eigenvalue weighted by Crippen LogP contribution is -2.25. The second-order valence-electron chi connectivity index (χ2n) is 3.72. The third kappa shape index (κ3) is 4.52. The maximum absolute atomic E-state index is 12.1. The molecule has 0 amide bonds. The van der Waals surface area contributed by atoms with Gasteiger partial charge in [-0.2, -0.15) is 13.2 Å². The van der Waals surface area contributed by atoms with Crippen molar-refractivity contribution in [3.8, 4) is 0 Å². The summed E-state index contributed by atoms with van der Waals surface area (Å²) in [6, 6.07) is 0.314. The summed E-state index contributed by atoms with van der Waals surface area (Å²) >= 11 is 3.05. The summed E-state index contributed by atoms with van der Waals surface area (Å²) in [4.78, 5) is 14.7. The van der Waals surface area contributed by atoms with Gasteiger partial charge in [-0.25, -0.2) is 9.78 Å². The maximum atomic E-state index is 12.1. The number of pyridine rings is 1. The van der Waals surface area contributed by atoms with E-state index in [2.05, 4.69) is 26.2 Å². The Morgan fingerprint density at radius 1 is 1.61 bits per heavy atom. The van der Waals surface area contributed by atoms with E-state index in [4.69, 9.17) is 5.11 Å². The number of aromatic carboxylic acids is 1. The van der Waals surface area contributed by atoms with Crippen molar-refractivity contribution in [3.05, 3.63) is 22.3 Å². The van der Waals surface area contributed by atoms with Crippen LogP contribution in [0.2, 0.25) is 0 Å². The highest BCUT2D eigenvalue weighted by Crippen LogP contribution is 2.24. The molecule has 2 N–H and O–H groups in total. The number of hydrogen-bond donors (Lipinski definition) is 2. The van der Waals surface area contributed by atoms with Crippen LogP contribution >= 0.6 is 15.9 Å². The molecule has 1 atom stereocenters. The molecular weight excluding hydrogens is 317 g/mol. The zero-order valence-electron chi connectivity index (χ0n) is 9.25. The third-order valence-electron chi connectivity index (χ3n) is 2.01. The van der Waals surface area contributed by atoms with Gasteiger partial charge in [-0.15, -0.1) is 0 Å². The van der Waals surface area contributed by atoms with Gasteiger partial charge in [0.2, 0.25) is 0 Å². The fourth-order valence-electron chi connectivity index (χ4n) is 1.35. The van der Waals surface area contributed by atoms with Crippen molar-refractivity contribution in [2.75, 3.05) is 5.32 Å². The van der Waals surface area contributed by atoms with Crippen LogP contribution in [0.1, 0.15) is 23.7 Å². The number of rotatable bonds is 4. The predicted molar refractivity (Wildman–Crippen MR) is 62.7 cm³/mol. The van der Waals surface area contributed by atoms with E-state index in [0.717, 1.165) is 0 Å². The summed E-state index contributed by atoms with van der Waals surface area (Å²) in [7, 11) is 0. The van der Waals surface area contributed by atoms with Crippen LogP contribution in [-0.2, 0) is 0 Å². The smallest absolute Gasteiger partial charge is 0.391 e. The largest absolute Gasteiger partial charge is 0.478 e. The first-order valence-electron chi connectivity index (χ1n) is 4.91. The zero-order valence-corrected chi connectivity index (χ0v) is 10.8. The molecule has 1 unspecified atom stereocenters. The predicted octanol–water partition coefficient (Wildman–Crippen LogP) is 3.30. The van der Waals surface area contributed by atoms with Crippen LogP contribution in [0.3, 0.4) is 0 Å². The number of alkyl halides is 3. The molecule has 0 aromatic carbocycles. The normalized spacial score (nSPS) is 13.2. The van der Waals surface area contributed by atoms with Crippen molar-refractivity contribution >= 4 is 27.7 Å². The van der Waals surface area contributed by atoms with Gasteiger partial charge in [0, 0.05) is 16.7 Å².